The second kappa shape index (κ2) is 9.61. The van der Waals surface area contributed by atoms with E-state index in [1.807, 2.05) is 19.0 Å². The number of aromatic nitrogens is 1. The average molecular weight is 482 g/mol. The Bertz CT molecular complexity index is 1070. The number of carbonyl (C=O) groups excluding carboxylic acids is 1. The molecule has 0 saturated carbocycles. The normalized spacial score (nSPS) is 11.7. The van der Waals surface area contributed by atoms with Crippen LogP contribution in [-0.2, 0) is 4.79 Å². The van der Waals surface area contributed by atoms with Crippen LogP contribution in [0.25, 0.3) is 10.2 Å². The largest absolute Gasteiger partial charge is 0.494 e. The molecule has 0 unspecified atom stereocenters. The minimum atomic E-state index is -1.13. The van der Waals surface area contributed by atoms with E-state index in [0.717, 1.165) is 4.70 Å². The number of hydrogen-bond donors (Lipinski definition) is 0. The van der Waals surface area contributed by atoms with Gasteiger partial charge in [0.1, 0.15) is 17.0 Å². The van der Waals surface area contributed by atoms with E-state index < -0.39 is 5.60 Å². The van der Waals surface area contributed by atoms with Crippen molar-refractivity contribution in [3.05, 3.63) is 46.4 Å². The van der Waals surface area contributed by atoms with Crippen LogP contribution >= 0.6 is 34.5 Å². The number of hydrogen-bond acceptors (Lipinski definition) is 6. The van der Waals surface area contributed by atoms with Crippen LogP contribution in [0.4, 0.5) is 5.13 Å². The Morgan fingerprint density at radius 3 is 2.39 bits per heavy atom. The van der Waals surface area contributed by atoms with Gasteiger partial charge in [-0.15, -0.1) is 0 Å². The Morgan fingerprint density at radius 2 is 1.77 bits per heavy atom. The molecule has 1 aromatic heterocycles. The molecule has 3 rings (SSSR count). The summed E-state index contributed by atoms with van der Waals surface area (Å²) in [5, 5.41) is 1.71. The first-order valence-electron chi connectivity index (χ1n) is 9.66. The summed E-state index contributed by atoms with van der Waals surface area (Å²) in [6, 6.07) is 10.5. The number of halogens is 2. The second-order valence-electron chi connectivity index (χ2n) is 7.75. The van der Waals surface area contributed by atoms with Crippen LogP contribution in [0.3, 0.4) is 0 Å². The van der Waals surface area contributed by atoms with Gasteiger partial charge in [0.15, 0.2) is 10.7 Å². The summed E-state index contributed by atoms with van der Waals surface area (Å²) < 4.78 is 12.2. The number of thiazole rings is 1. The Labute approximate surface area is 196 Å². The average Bonchev–Trinajstić information content (AvgIpc) is 3.16. The van der Waals surface area contributed by atoms with Gasteiger partial charge in [-0.05, 0) is 64.3 Å². The molecule has 2 aromatic carbocycles. The van der Waals surface area contributed by atoms with Crippen LogP contribution in [0.2, 0.25) is 10.0 Å². The molecular weight excluding hydrogens is 457 g/mol. The van der Waals surface area contributed by atoms with Gasteiger partial charge in [-0.25, -0.2) is 4.98 Å². The SMILES string of the molecule is COc1ccc(Cl)c2sc(N(CCN(C)C)C(=O)C(C)(C)Oc3ccc(Cl)cc3)nc12. The fourth-order valence-corrected chi connectivity index (χ4v) is 4.38. The van der Waals surface area contributed by atoms with Crippen molar-refractivity contribution in [2.75, 3.05) is 39.2 Å². The number of rotatable bonds is 8. The van der Waals surface area contributed by atoms with Crippen molar-refractivity contribution in [3.63, 3.8) is 0 Å². The quantitative estimate of drug-likeness (QED) is 0.433. The standard InChI is InChI=1S/C22H25Cl2N3O3S/c1-22(2,30-15-8-6-14(23)7-9-15)20(28)27(13-12-26(3)4)21-25-18-17(29-5)11-10-16(24)19(18)31-21/h6-11H,12-13H2,1-5H3. The first kappa shape index (κ1) is 23.6. The van der Waals surface area contributed by atoms with Crippen molar-refractivity contribution in [3.8, 4) is 11.5 Å². The Kier molecular flexibility index (Phi) is 7.31. The zero-order valence-electron chi connectivity index (χ0n) is 18.1. The zero-order valence-corrected chi connectivity index (χ0v) is 20.4. The zero-order chi connectivity index (χ0) is 22.8. The molecule has 0 fully saturated rings. The van der Waals surface area contributed by atoms with E-state index in [0.29, 0.717) is 45.3 Å². The molecule has 0 N–H and O–H groups in total. The molecule has 31 heavy (non-hydrogen) atoms. The lowest BCUT2D eigenvalue weighted by Gasteiger charge is -2.31. The smallest absolute Gasteiger partial charge is 0.272 e. The summed E-state index contributed by atoms with van der Waals surface area (Å²) in [5.41, 5.74) is -0.500. The van der Waals surface area contributed by atoms with E-state index >= 15 is 0 Å². The second-order valence-corrected chi connectivity index (χ2v) is 9.57. The lowest BCUT2D eigenvalue weighted by atomic mass is 10.1. The minimum Gasteiger partial charge on any atom is -0.494 e. The number of carbonyl (C=O) groups is 1. The first-order valence-corrected chi connectivity index (χ1v) is 11.2. The van der Waals surface area contributed by atoms with Gasteiger partial charge < -0.3 is 14.4 Å². The Morgan fingerprint density at radius 1 is 1.10 bits per heavy atom. The summed E-state index contributed by atoms with van der Waals surface area (Å²) >= 11 is 13.7. The number of likely N-dealkylation sites (N-methyl/N-ethyl adjacent to an activating group) is 1. The van der Waals surface area contributed by atoms with Crippen LogP contribution in [0.15, 0.2) is 36.4 Å². The molecular formula is C22H25Cl2N3O3S. The molecule has 1 amide bonds. The molecule has 9 heteroatoms. The van der Waals surface area contributed by atoms with Crippen molar-refractivity contribution in [1.82, 2.24) is 9.88 Å². The van der Waals surface area contributed by atoms with Gasteiger partial charge in [-0.2, -0.15) is 0 Å². The summed E-state index contributed by atoms with van der Waals surface area (Å²) in [6.07, 6.45) is 0. The molecule has 0 spiro atoms. The Hall–Kier alpha value is -2.06. The van der Waals surface area contributed by atoms with E-state index in [4.69, 9.17) is 37.7 Å². The number of benzene rings is 2. The Balaban J connectivity index is 1.98. The molecule has 3 aromatic rings. The fraction of sp³-hybridized carbons (Fsp3) is 0.364. The molecule has 0 aliphatic rings. The summed E-state index contributed by atoms with van der Waals surface area (Å²) in [4.78, 5) is 22.0. The molecule has 0 bridgehead atoms. The molecule has 1 heterocycles. The van der Waals surface area contributed by atoms with Gasteiger partial charge in [-0.1, -0.05) is 34.5 Å². The number of amides is 1. The maximum absolute atomic E-state index is 13.6. The van der Waals surface area contributed by atoms with Gasteiger partial charge in [0.25, 0.3) is 5.91 Å². The van der Waals surface area contributed by atoms with Gasteiger partial charge in [0.05, 0.1) is 16.8 Å². The molecule has 0 radical (unpaired) electrons. The highest BCUT2D eigenvalue weighted by molar-refractivity contribution is 7.23. The first-order chi connectivity index (χ1) is 14.6. The summed E-state index contributed by atoms with van der Waals surface area (Å²) in [5.74, 6) is 0.960. The molecule has 0 aliphatic carbocycles. The van der Waals surface area contributed by atoms with Gasteiger partial charge >= 0.3 is 0 Å². The highest BCUT2D eigenvalue weighted by atomic mass is 35.5. The van der Waals surface area contributed by atoms with Gasteiger partial charge in [0.2, 0.25) is 0 Å². The van der Waals surface area contributed by atoms with E-state index in [1.165, 1.54) is 11.3 Å². The number of anilines is 1. The topological polar surface area (TPSA) is 54.9 Å². The van der Waals surface area contributed by atoms with E-state index in [9.17, 15) is 4.79 Å². The van der Waals surface area contributed by atoms with Crippen molar-refractivity contribution in [2.45, 2.75) is 19.4 Å². The number of nitrogens with zero attached hydrogens (tertiary/aromatic N) is 3. The van der Waals surface area contributed by atoms with Crippen molar-refractivity contribution >= 4 is 55.8 Å². The third-order valence-electron chi connectivity index (χ3n) is 4.62. The van der Waals surface area contributed by atoms with E-state index in [-0.39, 0.29) is 5.91 Å². The number of fused-ring (bicyclic) bond motifs is 1. The minimum absolute atomic E-state index is 0.210. The third kappa shape index (κ3) is 5.41. The van der Waals surface area contributed by atoms with Gasteiger partial charge in [0, 0.05) is 18.1 Å². The van der Waals surface area contributed by atoms with Crippen LogP contribution < -0.4 is 14.4 Å². The lowest BCUT2D eigenvalue weighted by Crippen LogP contribution is -2.50. The maximum atomic E-state index is 13.6. The summed E-state index contributed by atoms with van der Waals surface area (Å²) in [6.45, 7) is 4.59. The summed E-state index contributed by atoms with van der Waals surface area (Å²) in [7, 11) is 5.49. The highest BCUT2D eigenvalue weighted by Gasteiger charge is 2.36. The van der Waals surface area contributed by atoms with Crippen molar-refractivity contribution < 1.29 is 14.3 Å². The van der Waals surface area contributed by atoms with Crippen LogP contribution in [0, 0.1) is 0 Å². The van der Waals surface area contributed by atoms with Crippen LogP contribution in [0.1, 0.15) is 13.8 Å². The van der Waals surface area contributed by atoms with Crippen molar-refractivity contribution in [1.29, 1.82) is 0 Å². The molecule has 166 valence electrons. The number of ether oxygens (including phenoxy) is 2. The molecule has 0 aliphatic heterocycles. The van der Waals surface area contributed by atoms with Crippen LogP contribution in [0.5, 0.6) is 11.5 Å². The molecule has 0 saturated heterocycles. The van der Waals surface area contributed by atoms with Gasteiger partial charge in [-0.3, -0.25) is 9.69 Å². The highest BCUT2D eigenvalue weighted by Crippen LogP contribution is 2.39. The lowest BCUT2D eigenvalue weighted by molar-refractivity contribution is -0.131. The molecule has 0 atom stereocenters. The maximum Gasteiger partial charge on any atom is 0.272 e. The van der Waals surface area contributed by atoms with E-state index in [1.54, 1.807) is 62.3 Å². The van der Waals surface area contributed by atoms with Crippen molar-refractivity contribution in [2.24, 2.45) is 0 Å². The van der Waals surface area contributed by atoms with E-state index in [2.05, 4.69) is 0 Å². The monoisotopic (exact) mass is 481 g/mol. The molecule has 6 nitrogen and oxygen atoms in total. The fourth-order valence-electron chi connectivity index (χ4n) is 2.97. The van der Waals surface area contributed by atoms with Crippen LogP contribution in [-0.4, -0.2) is 55.7 Å². The predicted octanol–water partition coefficient (Wildman–Crippen LogP) is 5.36. The number of methoxy groups -OCH3 is 1. The third-order valence-corrected chi connectivity index (χ3v) is 6.41. The predicted molar refractivity (Wildman–Crippen MR) is 128 cm³/mol.